The lowest BCUT2D eigenvalue weighted by molar-refractivity contribution is -0.0191. The average Bonchev–Trinajstić information content (AvgIpc) is 2.37. The summed E-state index contributed by atoms with van der Waals surface area (Å²) < 4.78 is 5.87. The van der Waals surface area contributed by atoms with Crippen molar-refractivity contribution in [2.24, 2.45) is 5.92 Å². The molecule has 1 saturated heterocycles. The van der Waals surface area contributed by atoms with Gasteiger partial charge in [0.2, 0.25) is 0 Å². The number of hydrogen-bond acceptors (Lipinski definition) is 4. The summed E-state index contributed by atoms with van der Waals surface area (Å²) in [4.78, 5) is 3.68. The van der Waals surface area contributed by atoms with Crippen LogP contribution in [0.4, 0.5) is 5.69 Å². The highest BCUT2D eigenvalue weighted by Gasteiger charge is 2.21. The number of rotatable bonds is 5. The molecule has 1 fully saturated rings. The lowest BCUT2D eigenvalue weighted by Crippen LogP contribution is -2.44. The maximum atomic E-state index is 6.06. The van der Waals surface area contributed by atoms with Crippen molar-refractivity contribution >= 4 is 17.4 Å². The molecule has 1 aliphatic heterocycles. The van der Waals surface area contributed by atoms with Gasteiger partial charge in [0.05, 0.1) is 12.7 Å². The number of aryl methyl sites for hydroxylation is 1. The van der Waals surface area contributed by atoms with Gasteiger partial charge in [-0.05, 0) is 30.5 Å². The van der Waals surface area contributed by atoms with Crippen LogP contribution in [0.25, 0.3) is 0 Å². The van der Waals surface area contributed by atoms with Gasteiger partial charge in [-0.15, -0.1) is 11.8 Å². The summed E-state index contributed by atoms with van der Waals surface area (Å²) in [7, 11) is 0. The van der Waals surface area contributed by atoms with Crippen LogP contribution < -0.4 is 5.73 Å². The number of hydrogen-bond donors (Lipinski definition) is 1. The minimum atomic E-state index is 0.313. The van der Waals surface area contributed by atoms with Crippen LogP contribution in [0.5, 0.6) is 0 Å². The Morgan fingerprint density at radius 2 is 2.25 bits per heavy atom. The Bertz CT molecular complexity index is 436. The summed E-state index contributed by atoms with van der Waals surface area (Å²) in [5.41, 5.74) is 8.15. The topological polar surface area (TPSA) is 38.5 Å². The van der Waals surface area contributed by atoms with E-state index in [4.69, 9.17) is 10.5 Å². The molecule has 1 aliphatic rings. The van der Waals surface area contributed by atoms with E-state index in [0.29, 0.717) is 12.0 Å². The van der Waals surface area contributed by atoms with E-state index < -0.39 is 0 Å². The summed E-state index contributed by atoms with van der Waals surface area (Å²) in [6.45, 7) is 10.7. The highest BCUT2D eigenvalue weighted by molar-refractivity contribution is 7.99. The van der Waals surface area contributed by atoms with Crippen molar-refractivity contribution in [1.29, 1.82) is 0 Å². The van der Waals surface area contributed by atoms with Crippen molar-refractivity contribution in [3.63, 3.8) is 0 Å². The molecule has 1 aromatic carbocycles. The van der Waals surface area contributed by atoms with Gasteiger partial charge in [-0.1, -0.05) is 19.9 Å². The minimum Gasteiger partial charge on any atom is -0.398 e. The Balaban J connectivity index is 1.84. The number of anilines is 1. The van der Waals surface area contributed by atoms with Gasteiger partial charge in [-0.3, -0.25) is 4.90 Å². The van der Waals surface area contributed by atoms with Gasteiger partial charge in [-0.25, -0.2) is 0 Å². The van der Waals surface area contributed by atoms with Gasteiger partial charge in [0, 0.05) is 36.0 Å². The van der Waals surface area contributed by atoms with Crippen molar-refractivity contribution < 1.29 is 4.74 Å². The molecule has 0 aliphatic carbocycles. The van der Waals surface area contributed by atoms with Crippen LogP contribution in [0.1, 0.15) is 19.4 Å². The van der Waals surface area contributed by atoms with Gasteiger partial charge >= 0.3 is 0 Å². The molecule has 0 amide bonds. The SMILES string of the molecule is Cc1ccc(SCC2CN(CC(C)C)CCO2)c(N)c1. The second-order valence-corrected chi connectivity index (χ2v) is 7.06. The molecule has 112 valence electrons. The maximum Gasteiger partial charge on any atom is 0.0796 e. The van der Waals surface area contributed by atoms with Gasteiger partial charge < -0.3 is 10.5 Å². The van der Waals surface area contributed by atoms with Crippen LogP contribution in [0.3, 0.4) is 0 Å². The molecule has 3 nitrogen and oxygen atoms in total. The number of nitrogens with two attached hydrogens (primary N) is 1. The molecule has 0 bridgehead atoms. The first-order valence-electron chi connectivity index (χ1n) is 7.37. The predicted molar refractivity (Wildman–Crippen MR) is 87.3 cm³/mol. The zero-order valence-electron chi connectivity index (χ0n) is 12.8. The standard InChI is InChI=1S/C16H26N2OS/c1-12(2)9-18-6-7-19-14(10-18)11-20-16-5-4-13(3)8-15(16)17/h4-5,8,12,14H,6-7,9-11,17H2,1-3H3. The lowest BCUT2D eigenvalue weighted by atomic mass is 10.2. The summed E-state index contributed by atoms with van der Waals surface area (Å²) >= 11 is 1.81. The van der Waals surface area contributed by atoms with Crippen LogP contribution in [0, 0.1) is 12.8 Å². The molecule has 0 spiro atoms. The molecule has 20 heavy (non-hydrogen) atoms. The van der Waals surface area contributed by atoms with E-state index >= 15 is 0 Å². The molecule has 0 saturated carbocycles. The van der Waals surface area contributed by atoms with Gasteiger partial charge in [0.1, 0.15) is 0 Å². The minimum absolute atomic E-state index is 0.313. The van der Waals surface area contributed by atoms with Gasteiger partial charge in [0.25, 0.3) is 0 Å². The van der Waals surface area contributed by atoms with E-state index in [0.717, 1.165) is 37.7 Å². The van der Waals surface area contributed by atoms with Crippen molar-refractivity contribution in [2.45, 2.75) is 31.8 Å². The molecule has 1 aromatic rings. The average molecular weight is 294 g/mol. The van der Waals surface area contributed by atoms with E-state index in [-0.39, 0.29) is 0 Å². The molecular formula is C16H26N2OS. The molecule has 2 rings (SSSR count). The fourth-order valence-corrected chi connectivity index (χ4v) is 3.50. The van der Waals surface area contributed by atoms with Crippen molar-refractivity contribution in [3.05, 3.63) is 23.8 Å². The summed E-state index contributed by atoms with van der Waals surface area (Å²) in [6, 6.07) is 6.27. The second kappa shape index (κ2) is 7.34. The first kappa shape index (κ1) is 15.7. The summed E-state index contributed by atoms with van der Waals surface area (Å²) in [6.07, 6.45) is 0.313. The maximum absolute atomic E-state index is 6.06. The number of morpholine rings is 1. The van der Waals surface area contributed by atoms with Crippen LogP contribution in [-0.4, -0.2) is 43.0 Å². The molecule has 1 atom stereocenters. The number of thioether (sulfide) groups is 1. The van der Waals surface area contributed by atoms with E-state index in [2.05, 4.69) is 37.8 Å². The Morgan fingerprint density at radius 1 is 1.45 bits per heavy atom. The molecule has 4 heteroatoms. The Hall–Kier alpha value is -0.710. The number of nitrogens with zero attached hydrogens (tertiary/aromatic N) is 1. The zero-order chi connectivity index (χ0) is 14.5. The number of benzene rings is 1. The third-order valence-electron chi connectivity index (χ3n) is 3.44. The van der Waals surface area contributed by atoms with E-state index in [1.807, 2.05) is 6.07 Å². The van der Waals surface area contributed by atoms with Crippen LogP contribution in [0.15, 0.2) is 23.1 Å². The first-order valence-corrected chi connectivity index (χ1v) is 8.36. The van der Waals surface area contributed by atoms with Gasteiger partial charge in [0.15, 0.2) is 0 Å². The van der Waals surface area contributed by atoms with E-state index in [1.54, 1.807) is 11.8 Å². The quantitative estimate of drug-likeness (QED) is 0.669. The Morgan fingerprint density at radius 3 is 2.95 bits per heavy atom. The number of nitrogen functional groups attached to an aromatic ring is 1. The van der Waals surface area contributed by atoms with E-state index in [1.165, 1.54) is 10.5 Å². The first-order chi connectivity index (χ1) is 9.54. The largest absolute Gasteiger partial charge is 0.398 e. The molecular weight excluding hydrogens is 268 g/mol. The molecule has 1 unspecified atom stereocenters. The Labute approximate surface area is 126 Å². The normalized spacial score (nSPS) is 20.5. The highest BCUT2D eigenvalue weighted by Crippen LogP contribution is 2.27. The van der Waals surface area contributed by atoms with Crippen LogP contribution in [0.2, 0.25) is 0 Å². The third kappa shape index (κ3) is 4.69. The molecule has 2 N–H and O–H groups in total. The molecule has 0 aromatic heterocycles. The highest BCUT2D eigenvalue weighted by atomic mass is 32.2. The number of ether oxygens (including phenoxy) is 1. The predicted octanol–water partition coefficient (Wildman–Crippen LogP) is 3.03. The van der Waals surface area contributed by atoms with E-state index in [9.17, 15) is 0 Å². The monoisotopic (exact) mass is 294 g/mol. The van der Waals surface area contributed by atoms with Crippen molar-refractivity contribution in [1.82, 2.24) is 4.90 Å². The molecule has 0 radical (unpaired) electrons. The fraction of sp³-hybridized carbons (Fsp3) is 0.625. The Kier molecular flexibility index (Phi) is 5.75. The summed E-state index contributed by atoms with van der Waals surface area (Å²) in [5, 5.41) is 0. The van der Waals surface area contributed by atoms with Crippen molar-refractivity contribution in [3.8, 4) is 0 Å². The fourth-order valence-electron chi connectivity index (χ4n) is 2.55. The van der Waals surface area contributed by atoms with Crippen LogP contribution in [-0.2, 0) is 4.74 Å². The summed E-state index contributed by atoms with van der Waals surface area (Å²) in [5.74, 6) is 1.69. The van der Waals surface area contributed by atoms with Crippen molar-refractivity contribution in [2.75, 3.05) is 37.7 Å². The van der Waals surface area contributed by atoms with Gasteiger partial charge in [-0.2, -0.15) is 0 Å². The lowest BCUT2D eigenvalue weighted by Gasteiger charge is -2.33. The zero-order valence-corrected chi connectivity index (χ0v) is 13.6. The van der Waals surface area contributed by atoms with Crippen LogP contribution >= 0.6 is 11.8 Å². The third-order valence-corrected chi connectivity index (χ3v) is 4.66. The smallest absolute Gasteiger partial charge is 0.0796 e. The molecule has 1 heterocycles. The second-order valence-electron chi connectivity index (χ2n) is 6.00.